The van der Waals surface area contributed by atoms with E-state index in [1.54, 1.807) is 0 Å². The molecule has 0 fully saturated rings. The Hall–Kier alpha value is -6.64. The number of rotatable bonds is 5. The minimum Gasteiger partial charge on any atom is -0.309 e. The Morgan fingerprint density at radius 2 is 0.780 bits per heavy atom. The van der Waals surface area contributed by atoms with Crippen molar-refractivity contribution in [1.82, 2.24) is 9.13 Å². The molecule has 2 heterocycles. The summed E-state index contributed by atoms with van der Waals surface area (Å²) < 4.78 is 4.85. The largest absolute Gasteiger partial charge is 0.309 e. The first kappa shape index (κ1) is 28.4. The molecule has 0 aliphatic carbocycles. The minimum absolute atomic E-state index is 1.16. The molecule has 0 saturated heterocycles. The van der Waals surface area contributed by atoms with Crippen LogP contribution in [0.25, 0.3) is 88.4 Å². The van der Waals surface area contributed by atoms with Crippen LogP contribution >= 0.6 is 0 Å². The summed E-state index contributed by atoms with van der Waals surface area (Å²) in [6.45, 7) is 0. The Bertz CT molecular complexity index is 2800. The highest BCUT2D eigenvalue weighted by Gasteiger charge is 2.19. The van der Waals surface area contributed by atoms with E-state index in [1.807, 2.05) is 0 Å². The van der Waals surface area contributed by atoms with Gasteiger partial charge in [0.1, 0.15) is 0 Å². The van der Waals surface area contributed by atoms with Crippen LogP contribution in [0.5, 0.6) is 0 Å². The summed E-state index contributed by atoms with van der Waals surface area (Å²) in [6.07, 6.45) is 0. The first-order chi connectivity index (χ1) is 24.8. The monoisotopic (exact) mass is 636 g/mol. The normalized spacial score (nSPS) is 11.6. The molecular weight excluding hydrogens is 605 g/mol. The third-order valence-electron chi connectivity index (χ3n) is 10.1. The van der Waals surface area contributed by atoms with E-state index in [4.69, 9.17) is 0 Å². The molecule has 0 amide bonds. The lowest BCUT2D eigenvalue weighted by Crippen LogP contribution is -1.99. The zero-order chi connectivity index (χ0) is 33.0. The van der Waals surface area contributed by atoms with Gasteiger partial charge in [0.15, 0.2) is 0 Å². The number of fused-ring (bicyclic) bond motifs is 6. The molecule has 50 heavy (non-hydrogen) atoms. The summed E-state index contributed by atoms with van der Waals surface area (Å²) in [6, 6.07) is 70.4. The molecule has 0 atom stereocenters. The molecule has 2 nitrogen and oxygen atoms in total. The maximum atomic E-state index is 2.46. The molecule has 0 radical (unpaired) electrons. The zero-order valence-electron chi connectivity index (χ0n) is 27.4. The molecule has 234 valence electrons. The maximum absolute atomic E-state index is 2.46. The van der Waals surface area contributed by atoms with Crippen molar-refractivity contribution in [2.75, 3.05) is 0 Å². The van der Waals surface area contributed by atoms with Gasteiger partial charge in [0.25, 0.3) is 0 Å². The average molecular weight is 637 g/mol. The van der Waals surface area contributed by atoms with Gasteiger partial charge in [-0.2, -0.15) is 0 Å². The van der Waals surface area contributed by atoms with Gasteiger partial charge in [0.05, 0.1) is 27.8 Å². The van der Waals surface area contributed by atoms with Crippen molar-refractivity contribution in [3.63, 3.8) is 0 Å². The first-order valence-corrected chi connectivity index (χ1v) is 17.2. The van der Waals surface area contributed by atoms with Gasteiger partial charge in [-0.1, -0.05) is 146 Å². The van der Waals surface area contributed by atoms with E-state index in [-0.39, 0.29) is 0 Å². The Balaban J connectivity index is 1.18. The number of benzene rings is 8. The molecule has 0 unspecified atom stereocenters. The Kier molecular flexibility index (Phi) is 6.53. The van der Waals surface area contributed by atoms with Gasteiger partial charge in [0, 0.05) is 32.8 Å². The second-order valence-electron chi connectivity index (χ2n) is 12.9. The molecule has 0 aliphatic rings. The van der Waals surface area contributed by atoms with E-state index in [0.29, 0.717) is 0 Å². The molecule has 0 saturated carbocycles. The summed E-state index contributed by atoms with van der Waals surface area (Å²) in [4.78, 5) is 0. The number of hydrogen-bond donors (Lipinski definition) is 0. The highest BCUT2D eigenvalue weighted by Crippen LogP contribution is 2.42. The first-order valence-electron chi connectivity index (χ1n) is 17.2. The molecule has 2 heteroatoms. The van der Waals surface area contributed by atoms with Crippen molar-refractivity contribution in [2.45, 2.75) is 0 Å². The predicted octanol–water partition coefficient (Wildman–Crippen LogP) is 12.9. The van der Waals surface area contributed by atoms with Crippen LogP contribution in [0.4, 0.5) is 0 Å². The molecule has 0 aliphatic heterocycles. The standard InChI is InChI=1S/C48H32N2/c1-3-15-33(16-4-1)38-24-14-28-47(48(38)34-17-5-2-6-18-34)50-45-27-12-9-23-41(45)42-32-36(29-30-46(42)50)35-19-13-20-37(31-35)49-43-25-10-7-21-39(43)40-22-8-11-26-44(40)49/h1-32H. The second kappa shape index (κ2) is 11.5. The van der Waals surface area contributed by atoms with E-state index in [1.165, 1.54) is 82.7 Å². The van der Waals surface area contributed by atoms with E-state index < -0.39 is 0 Å². The zero-order valence-corrected chi connectivity index (χ0v) is 27.4. The van der Waals surface area contributed by atoms with Crippen molar-refractivity contribution in [1.29, 1.82) is 0 Å². The summed E-state index contributed by atoms with van der Waals surface area (Å²) in [5, 5.41) is 5.03. The van der Waals surface area contributed by atoms with Gasteiger partial charge in [-0.15, -0.1) is 0 Å². The molecule has 0 bridgehead atoms. The number of nitrogens with zero attached hydrogens (tertiary/aromatic N) is 2. The van der Waals surface area contributed by atoms with Crippen molar-refractivity contribution in [3.8, 4) is 44.8 Å². The Morgan fingerprint density at radius 3 is 1.46 bits per heavy atom. The van der Waals surface area contributed by atoms with Gasteiger partial charge in [-0.25, -0.2) is 0 Å². The van der Waals surface area contributed by atoms with Gasteiger partial charge in [0.2, 0.25) is 0 Å². The number of para-hydroxylation sites is 3. The fourth-order valence-electron chi connectivity index (χ4n) is 7.93. The van der Waals surface area contributed by atoms with Crippen molar-refractivity contribution in [2.24, 2.45) is 0 Å². The van der Waals surface area contributed by atoms with Crippen LogP contribution in [0.3, 0.4) is 0 Å². The van der Waals surface area contributed by atoms with Crippen LogP contribution in [-0.2, 0) is 0 Å². The van der Waals surface area contributed by atoms with Crippen molar-refractivity contribution in [3.05, 3.63) is 194 Å². The smallest absolute Gasteiger partial charge is 0.0546 e. The van der Waals surface area contributed by atoms with Crippen molar-refractivity contribution >= 4 is 43.6 Å². The summed E-state index contributed by atoms with van der Waals surface area (Å²) >= 11 is 0. The summed E-state index contributed by atoms with van der Waals surface area (Å²) in [5.74, 6) is 0. The lowest BCUT2D eigenvalue weighted by molar-refractivity contribution is 1.18. The molecule has 0 spiro atoms. The molecule has 10 rings (SSSR count). The van der Waals surface area contributed by atoms with Gasteiger partial charge in [-0.3, -0.25) is 0 Å². The molecule has 0 N–H and O–H groups in total. The maximum Gasteiger partial charge on any atom is 0.0546 e. The number of hydrogen-bond acceptors (Lipinski definition) is 0. The van der Waals surface area contributed by atoms with Crippen LogP contribution in [-0.4, -0.2) is 9.13 Å². The summed E-state index contributed by atoms with van der Waals surface area (Å²) in [7, 11) is 0. The lowest BCUT2D eigenvalue weighted by atomic mass is 9.93. The second-order valence-corrected chi connectivity index (χ2v) is 12.9. The minimum atomic E-state index is 1.16. The average Bonchev–Trinajstić information content (AvgIpc) is 3.71. The quantitative estimate of drug-likeness (QED) is 0.178. The van der Waals surface area contributed by atoms with E-state index in [2.05, 4.69) is 203 Å². The summed E-state index contributed by atoms with van der Waals surface area (Å²) in [5.41, 5.74) is 14.4. The number of aromatic nitrogens is 2. The van der Waals surface area contributed by atoms with Crippen LogP contribution in [0.15, 0.2) is 194 Å². The van der Waals surface area contributed by atoms with Gasteiger partial charge >= 0.3 is 0 Å². The van der Waals surface area contributed by atoms with E-state index in [0.717, 1.165) is 5.69 Å². The van der Waals surface area contributed by atoms with Crippen LogP contribution in [0.1, 0.15) is 0 Å². The third-order valence-corrected chi connectivity index (χ3v) is 10.1. The van der Waals surface area contributed by atoms with Gasteiger partial charge in [-0.05, 0) is 76.3 Å². The Labute approximate surface area is 290 Å². The highest BCUT2D eigenvalue weighted by atomic mass is 15.0. The fraction of sp³-hybridized carbons (Fsp3) is 0. The van der Waals surface area contributed by atoms with Gasteiger partial charge < -0.3 is 9.13 Å². The Morgan fingerprint density at radius 1 is 0.280 bits per heavy atom. The van der Waals surface area contributed by atoms with E-state index in [9.17, 15) is 0 Å². The van der Waals surface area contributed by atoms with Crippen LogP contribution < -0.4 is 0 Å². The molecular formula is C48H32N2. The van der Waals surface area contributed by atoms with Crippen LogP contribution in [0, 0.1) is 0 Å². The molecule has 8 aromatic carbocycles. The van der Waals surface area contributed by atoms with E-state index >= 15 is 0 Å². The predicted molar refractivity (Wildman–Crippen MR) is 211 cm³/mol. The molecule has 10 aromatic rings. The van der Waals surface area contributed by atoms with Crippen LogP contribution in [0.2, 0.25) is 0 Å². The molecule has 2 aromatic heterocycles. The SMILES string of the molecule is c1ccc(-c2cccc(-n3c4ccccc4c4cc(-c5cccc(-n6c7ccccc7c7ccccc76)c5)ccc43)c2-c2ccccc2)cc1. The van der Waals surface area contributed by atoms with Crippen molar-refractivity contribution < 1.29 is 0 Å². The fourth-order valence-corrected chi connectivity index (χ4v) is 7.93. The topological polar surface area (TPSA) is 9.86 Å². The lowest BCUT2D eigenvalue weighted by Gasteiger charge is -2.18. The highest BCUT2D eigenvalue weighted by molar-refractivity contribution is 6.12. The third kappa shape index (κ3) is 4.43.